The Kier molecular flexibility index (Phi) is 5.73. The summed E-state index contributed by atoms with van der Waals surface area (Å²) in [5.41, 5.74) is 0. The van der Waals surface area contributed by atoms with Gasteiger partial charge in [0.25, 0.3) is 0 Å². The fourth-order valence-electron chi connectivity index (χ4n) is 1.07. The van der Waals surface area contributed by atoms with Crippen molar-refractivity contribution in [3.05, 3.63) is 29.8 Å². The second kappa shape index (κ2) is 7.07. The summed E-state index contributed by atoms with van der Waals surface area (Å²) in [6, 6.07) is 2.94. The maximum atomic E-state index is 13.1. The first-order valence-corrected chi connectivity index (χ1v) is 7.10. The molecule has 1 rings (SSSR count). The molecule has 0 bridgehead atoms. The highest BCUT2D eigenvalue weighted by Gasteiger charge is 2.04. The van der Waals surface area contributed by atoms with Crippen LogP contribution in [0.5, 0.6) is 5.75 Å². The average Bonchev–Trinajstić information content (AvgIpc) is 2.35. The number of hydrogen-bond donors (Lipinski definition) is 1. The van der Waals surface area contributed by atoms with Crippen molar-refractivity contribution < 1.29 is 21.9 Å². The van der Waals surface area contributed by atoms with Crippen LogP contribution in [-0.2, 0) is 10.0 Å². The van der Waals surface area contributed by atoms with Gasteiger partial charge in [-0.1, -0.05) is 11.8 Å². The molecule has 0 saturated heterocycles. The standard InChI is InChI=1S/C12H13F2NO3S/c1-2-19(16,17)15-7-3-4-8-18-12-6-5-10(13)9-11(12)14/h5-6,9,15H,2,7-8H2,1H3. The van der Waals surface area contributed by atoms with Gasteiger partial charge < -0.3 is 4.74 Å². The third kappa shape index (κ3) is 5.68. The van der Waals surface area contributed by atoms with Crippen molar-refractivity contribution in [2.75, 3.05) is 18.9 Å². The lowest BCUT2D eigenvalue weighted by Gasteiger charge is -2.02. The normalized spacial score (nSPS) is 10.7. The molecule has 0 amide bonds. The number of benzene rings is 1. The summed E-state index contributed by atoms with van der Waals surface area (Å²) in [4.78, 5) is 0. The molecule has 4 nitrogen and oxygen atoms in total. The Bertz CT molecular complexity index is 591. The first-order valence-electron chi connectivity index (χ1n) is 5.45. The lowest BCUT2D eigenvalue weighted by molar-refractivity contribution is 0.346. The van der Waals surface area contributed by atoms with Gasteiger partial charge in [-0.05, 0) is 19.1 Å². The third-order valence-corrected chi connectivity index (χ3v) is 3.42. The van der Waals surface area contributed by atoms with Crippen molar-refractivity contribution in [3.8, 4) is 17.6 Å². The first-order chi connectivity index (χ1) is 8.94. The van der Waals surface area contributed by atoms with Crippen LogP contribution in [0.2, 0.25) is 0 Å². The summed E-state index contributed by atoms with van der Waals surface area (Å²) in [7, 11) is -3.27. The highest BCUT2D eigenvalue weighted by atomic mass is 32.2. The van der Waals surface area contributed by atoms with Crippen molar-refractivity contribution in [3.63, 3.8) is 0 Å². The van der Waals surface area contributed by atoms with Gasteiger partial charge in [-0.2, -0.15) is 0 Å². The fourth-order valence-corrected chi connectivity index (χ4v) is 1.56. The van der Waals surface area contributed by atoms with Crippen molar-refractivity contribution in [1.29, 1.82) is 0 Å². The van der Waals surface area contributed by atoms with Crippen molar-refractivity contribution >= 4 is 10.0 Å². The molecule has 0 radical (unpaired) electrons. The minimum Gasteiger partial charge on any atom is -0.478 e. The molecule has 1 N–H and O–H groups in total. The zero-order valence-electron chi connectivity index (χ0n) is 10.2. The Balaban J connectivity index is 2.39. The van der Waals surface area contributed by atoms with E-state index in [0.717, 1.165) is 12.1 Å². The lowest BCUT2D eigenvalue weighted by Crippen LogP contribution is -2.25. The molecule has 0 aliphatic carbocycles. The predicted octanol–water partition coefficient (Wildman–Crippen LogP) is 1.29. The maximum Gasteiger partial charge on any atom is 0.212 e. The van der Waals surface area contributed by atoms with Crippen LogP contribution in [0, 0.1) is 23.5 Å². The molecular weight excluding hydrogens is 276 g/mol. The molecule has 0 aliphatic rings. The van der Waals surface area contributed by atoms with Gasteiger partial charge in [0.15, 0.2) is 11.6 Å². The van der Waals surface area contributed by atoms with E-state index < -0.39 is 21.7 Å². The smallest absolute Gasteiger partial charge is 0.212 e. The van der Waals surface area contributed by atoms with Crippen LogP contribution >= 0.6 is 0 Å². The molecule has 0 atom stereocenters. The van der Waals surface area contributed by atoms with E-state index in [9.17, 15) is 17.2 Å². The summed E-state index contributed by atoms with van der Waals surface area (Å²) in [5.74, 6) is 3.40. The summed E-state index contributed by atoms with van der Waals surface area (Å²) in [5, 5.41) is 0. The summed E-state index contributed by atoms with van der Waals surface area (Å²) >= 11 is 0. The van der Waals surface area contributed by atoms with E-state index >= 15 is 0 Å². The molecule has 0 unspecified atom stereocenters. The number of halogens is 2. The summed E-state index contributed by atoms with van der Waals surface area (Å²) in [6.45, 7) is 1.36. The molecular formula is C12H13F2NO3S. The number of rotatable bonds is 5. The monoisotopic (exact) mass is 289 g/mol. The highest BCUT2D eigenvalue weighted by molar-refractivity contribution is 7.89. The molecule has 1 aromatic carbocycles. The number of hydrogen-bond acceptors (Lipinski definition) is 3. The van der Waals surface area contributed by atoms with Crippen molar-refractivity contribution in [2.45, 2.75) is 6.92 Å². The van der Waals surface area contributed by atoms with Gasteiger partial charge in [0, 0.05) is 6.07 Å². The predicted molar refractivity (Wildman–Crippen MR) is 67.1 cm³/mol. The highest BCUT2D eigenvalue weighted by Crippen LogP contribution is 2.16. The van der Waals surface area contributed by atoms with Crippen LogP contribution in [0.15, 0.2) is 18.2 Å². The van der Waals surface area contributed by atoms with Gasteiger partial charge in [-0.3, -0.25) is 0 Å². The topological polar surface area (TPSA) is 55.4 Å². The minimum absolute atomic E-state index is 0.0219. The van der Waals surface area contributed by atoms with Crippen LogP contribution in [-0.4, -0.2) is 27.3 Å². The largest absolute Gasteiger partial charge is 0.478 e. The molecule has 0 aromatic heterocycles. The molecule has 7 heteroatoms. The lowest BCUT2D eigenvalue weighted by atomic mass is 10.3. The number of ether oxygens (including phenoxy) is 1. The van der Waals surface area contributed by atoms with Gasteiger partial charge in [-0.25, -0.2) is 21.9 Å². The Labute approximate surface area is 110 Å². The Morgan fingerprint density at radius 1 is 1.32 bits per heavy atom. The van der Waals surface area contributed by atoms with Crippen molar-refractivity contribution in [2.24, 2.45) is 0 Å². The van der Waals surface area contributed by atoms with E-state index in [1.54, 1.807) is 0 Å². The van der Waals surface area contributed by atoms with Crippen LogP contribution in [0.4, 0.5) is 8.78 Å². The van der Waals surface area contributed by atoms with E-state index in [-0.39, 0.29) is 24.7 Å². The Morgan fingerprint density at radius 2 is 2.05 bits per heavy atom. The van der Waals surface area contributed by atoms with Crippen LogP contribution in [0.3, 0.4) is 0 Å². The SMILES string of the molecule is CCS(=O)(=O)NCC#CCOc1ccc(F)cc1F. The molecule has 0 aliphatic heterocycles. The van der Waals surface area contributed by atoms with E-state index in [2.05, 4.69) is 16.6 Å². The molecule has 0 heterocycles. The Morgan fingerprint density at radius 3 is 2.68 bits per heavy atom. The van der Waals surface area contributed by atoms with Crippen LogP contribution < -0.4 is 9.46 Å². The third-order valence-electron chi connectivity index (χ3n) is 2.08. The van der Waals surface area contributed by atoms with Crippen molar-refractivity contribution in [1.82, 2.24) is 4.72 Å². The number of sulfonamides is 1. The second-order valence-electron chi connectivity index (χ2n) is 3.44. The molecule has 0 saturated carbocycles. The van der Waals surface area contributed by atoms with Gasteiger partial charge >= 0.3 is 0 Å². The molecule has 19 heavy (non-hydrogen) atoms. The van der Waals surface area contributed by atoms with E-state index in [4.69, 9.17) is 4.74 Å². The minimum atomic E-state index is -3.27. The number of nitrogens with one attached hydrogen (secondary N) is 1. The second-order valence-corrected chi connectivity index (χ2v) is 5.54. The molecule has 104 valence electrons. The van der Waals surface area contributed by atoms with Gasteiger partial charge in [0.2, 0.25) is 10.0 Å². The molecule has 0 spiro atoms. The summed E-state index contributed by atoms with van der Waals surface area (Å²) < 4.78 is 55.0. The van der Waals surface area contributed by atoms with E-state index in [1.807, 2.05) is 0 Å². The Hall–Kier alpha value is -1.65. The molecule has 0 fully saturated rings. The van der Waals surface area contributed by atoms with E-state index in [0.29, 0.717) is 6.07 Å². The van der Waals surface area contributed by atoms with Gasteiger partial charge in [-0.15, -0.1) is 0 Å². The fraction of sp³-hybridized carbons (Fsp3) is 0.333. The quantitative estimate of drug-likeness (QED) is 0.831. The molecule has 1 aromatic rings. The van der Waals surface area contributed by atoms with E-state index in [1.165, 1.54) is 6.92 Å². The average molecular weight is 289 g/mol. The van der Waals surface area contributed by atoms with Crippen LogP contribution in [0.25, 0.3) is 0 Å². The van der Waals surface area contributed by atoms with Gasteiger partial charge in [0.05, 0.1) is 12.3 Å². The zero-order chi connectivity index (χ0) is 14.3. The first kappa shape index (κ1) is 15.4. The van der Waals surface area contributed by atoms with Gasteiger partial charge in [0.1, 0.15) is 12.4 Å². The summed E-state index contributed by atoms with van der Waals surface area (Å²) in [6.07, 6.45) is 0. The van der Waals surface area contributed by atoms with Crippen LogP contribution in [0.1, 0.15) is 6.92 Å². The zero-order valence-corrected chi connectivity index (χ0v) is 11.1. The maximum absolute atomic E-state index is 13.1.